The maximum atomic E-state index is 12.4. The second-order valence-corrected chi connectivity index (χ2v) is 7.53. The van der Waals surface area contributed by atoms with E-state index in [2.05, 4.69) is 5.32 Å². The van der Waals surface area contributed by atoms with Crippen LogP contribution in [0.5, 0.6) is 0 Å². The molecule has 0 saturated carbocycles. The molecular formula is C20H21ClN2O4S. The van der Waals surface area contributed by atoms with Gasteiger partial charge in [-0.1, -0.05) is 29.8 Å². The van der Waals surface area contributed by atoms with E-state index in [-0.39, 0.29) is 11.7 Å². The molecule has 1 N–H and O–H groups in total. The van der Waals surface area contributed by atoms with Gasteiger partial charge in [-0.15, -0.1) is 11.8 Å². The lowest BCUT2D eigenvalue weighted by molar-refractivity contribution is -0.125. The van der Waals surface area contributed by atoms with Crippen LogP contribution in [0.15, 0.2) is 47.4 Å². The van der Waals surface area contributed by atoms with Crippen LogP contribution in [0.25, 0.3) is 0 Å². The molecule has 0 aromatic heterocycles. The minimum atomic E-state index is -0.627. The van der Waals surface area contributed by atoms with E-state index < -0.39 is 18.5 Å². The average Bonchev–Trinajstić information content (AvgIpc) is 2.68. The van der Waals surface area contributed by atoms with Crippen LogP contribution in [-0.4, -0.2) is 49.1 Å². The first-order valence-corrected chi connectivity index (χ1v) is 9.80. The highest BCUT2D eigenvalue weighted by molar-refractivity contribution is 8.00. The van der Waals surface area contributed by atoms with Crippen molar-refractivity contribution in [1.82, 2.24) is 4.90 Å². The monoisotopic (exact) mass is 420 g/mol. The van der Waals surface area contributed by atoms with Crippen molar-refractivity contribution in [2.24, 2.45) is 0 Å². The zero-order valence-electron chi connectivity index (χ0n) is 15.8. The van der Waals surface area contributed by atoms with Gasteiger partial charge in [0.25, 0.3) is 5.91 Å². The molecule has 6 nitrogen and oxygen atoms in total. The fraction of sp³-hybridized carbons (Fsp3) is 0.250. The van der Waals surface area contributed by atoms with E-state index in [0.29, 0.717) is 21.2 Å². The molecule has 2 rings (SSSR count). The van der Waals surface area contributed by atoms with Crippen LogP contribution < -0.4 is 5.32 Å². The third kappa shape index (κ3) is 6.00. The number of thioether (sulfide) groups is 1. The Labute approximate surface area is 173 Å². The van der Waals surface area contributed by atoms with Gasteiger partial charge in [0, 0.05) is 29.7 Å². The Balaban J connectivity index is 1.96. The highest BCUT2D eigenvalue weighted by atomic mass is 35.5. The van der Waals surface area contributed by atoms with Crippen molar-refractivity contribution in [3.8, 4) is 0 Å². The van der Waals surface area contributed by atoms with Gasteiger partial charge in [-0.3, -0.25) is 9.59 Å². The van der Waals surface area contributed by atoms with Crippen LogP contribution in [0.1, 0.15) is 15.9 Å². The molecule has 0 unspecified atom stereocenters. The first-order chi connectivity index (χ1) is 13.3. The summed E-state index contributed by atoms with van der Waals surface area (Å²) in [7, 11) is 3.34. The number of amides is 2. The van der Waals surface area contributed by atoms with Gasteiger partial charge in [-0.05, 0) is 36.8 Å². The van der Waals surface area contributed by atoms with Crippen LogP contribution in [0, 0.1) is 6.92 Å². The van der Waals surface area contributed by atoms with E-state index in [1.165, 1.54) is 16.7 Å². The average molecular weight is 421 g/mol. The molecule has 0 aliphatic heterocycles. The number of rotatable bonds is 7. The largest absolute Gasteiger partial charge is 0.452 e. The Hall–Kier alpha value is -2.51. The summed E-state index contributed by atoms with van der Waals surface area (Å²) in [6.45, 7) is 1.35. The molecule has 0 aliphatic carbocycles. The molecule has 0 bridgehead atoms. The number of benzene rings is 2. The molecule has 148 valence electrons. The maximum Gasteiger partial charge on any atom is 0.339 e. The highest BCUT2D eigenvalue weighted by Gasteiger charge is 2.16. The number of carbonyl (C=O) groups excluding carboxylic acids is 3. The Kier molecular flexibility index (Phi) is 7.90. The summed E-state index contributed by atoms with van der Waals surface area (Å²) in [4.78, 5) is 38.4. The standard InChI is InChI=1S/C20H21ClN2O4S/c1-13-15(21)8-6-9-16(13)22-18(24)11-27-20(26)14-7-4-5-10-17(14)28-12-19(25)23(2)3/h4-10H,11-12H2,1-3H3,(H,22,24). The summed E-state index contributed by atoms with van der Waals surface area (Å²) in [6, 6.07) is 12.0. The molecule has 2 amide bonds. The summed E-state index contributed by atoms with van der Waals surface area (Å²) in [5.41, 5.74) is 1.61. The Morgan fingerprint density at radius 1 is 1.11 bits per heavy atom. The first-order valence-electron chi connectivity index (χ1n) is 8.43. The van der Waals surface area contributed by atoms with Crippen molar-refractivity contribution in [1.29, 1.82) is 0 Å². The Bertz CT molecular complexity index is 886. The lowest BCUT2D eigenvalue weighted by Gasteiger charge is -2.12. The van der Waals surface area contributed by atoms with Crippen molar-refractivity contribution >= 4 is 46.8 Å². The Morgan fingerprint density at radius 2 is 1.82 bits per heavy atom. The molecule has 8 heteroatoms. The normalized spacial score (nSPS) is 10.3. The van der Waals surface area contributed by atoms with Gasteiger partial charge in [0.15, 0.2) is 6.61 Å². The summed E-state index contributed by atoms with van der Waals surface area (Å²) in [5, 5.41) is 3.20. The van der Waals surface area contributed by atoms with Crippen LogP contribution in [0.4, 0.5) is 5.69 Å². The van der Waals surface area contributed by atoms with E-state index in [1.54, 1.807) is 63.5 Å². The number of carbonyl (C=O) groups is 3. The van der Waals surface area contributed by atoms with Crippen molar-refractivity contribution in [2.75, 3.05) is 31.8 Å². The first kappa shape index (κ1) is 21.8. The number of esters is 1. The van der Waals surface area contributed by atoms with Gasteiger partial charge in [0.1, 0.15) is 0 Å². The number of halogens is 1. The van der Waals surface area contributed by atoms with E-state index in [9.17, 15) is 14.4 Å². The van der Waals surface area contributed by atoms with Gasteiger partial charge in [-0.2, -0.15) is 0 Å². The molecule has 28 heavy (non-hydrogen) atoms. The van der Waals surface area contributed by atoms with Crippen LogP contribution in [0.2, 0.25) is 5.02 Å². The third-order valence-corrected chi connectivity index (χ3v) is 5.30. The smallest absolute Gasteiger partial charge is 0.339 e. The SMILES string of the molecule is Cc1c(Cl)cccc1NC(=O)COC(=O)c1ccccc1SCC(=O)N(C)C. The van der Waals surface area contributed by atoms with Crippen molar-refractivity contribution in [3.63, 3.8) is 0 Å². The lowest BCUT2D eigenvalue weighted by Crippen LogP contribution is -2.23. The molecule has 0 spiro atoms. The molecule has 2 aromatic carbocycles. The minimum Gasteiger partial charge on any atom is -0.452 e. The quantitative estimate of drug-likeness (QED) is 0.546. The predicted octanol–water partition coefficient (Wildman–Crippen LogP) is 3.62. The number of nitrogens with zero attached hydrogens (tertiary/aromatic N) is 1. The summed E-state index contributed by atoms with van der Waals surface area (Å²) in [5.74, 6) is -0.958. The summed E-state index contributed by atoms with van der Waals surface area (Å²) in [6.07, 6.45) is 0. The molecule has 0 aliphatic rings. The number of anilines is 1. The number of hydrogen-bond donors (Lipinski definition) is 1. The van der Waals surface area contributed by atoms with Gasteiger partial charge in [-0.25, -0.2) is 4.79 Å². The number of ether oxygens (including phenoxy) is 1. The molecule has 0 radical (unpaired) electrons. The second kappa shape index (κ2) is 10.1. The van der Waals surface area contributed by atoms with E-state index in [1.807, 2.05) is 0 Å². The second-order valence-electron chi connectivity index (χ2n) is 6.11. The summed E-state index contributed by atoms with van der Waals surface area (Å²) >= 11 is 7.27. The fourth-order valence-corrected chi connectivity index (χ4v) is 3.36. The topological polar surface area (TPSA) is 75.7 Å². The fourth-order valence-electron chi connectivity index (χ4n) is 2.17. The van der Waals surface area contributed by atoms with Crippen molar-refractivity contribution < 1.29 is 19.1 Å². The van der Waals surface area contributed by atoms with Crippen molar-refractivity contribution in [3.05, 3.63) is 58.6 Å². The molecule has 0 fully saturated rings. The molecular weight excluding hydrogens is 400 g/mol. The van der Waals surface area contributed by atoms with Crippen molar-refractivity contribution in [2.45, 2.75) is 11.8 Å². The number of hydrogen-bond acceptors (Lipinski definition) is 5. The highest BCUT2D eigenvalue weighted by Crippen LogP contribution is 2.24. The van der Waals surface area contributed by atoms with E-state index in [0.717, 1.165) is 5.56 Å². The van der Waals surface area contributed by atoms with E-state index >= 15 is 0 Å². The molecule has 2 aromatic rings. The van der Waals surface area contributed by atoms with E-state index in [4.69, 9.17) is 16.3 Å². The van der Waals surface area contributed by atoms with Gasteiger partial charge in [0.05, 0.1) is 11.3 Å². The summed E-state index contributed by atoms with van der Waals surface area (Å²) < 4.78 is 5.13. The van der Waals surface area contributed by atoms with Crippen LogP contribution >= 0.6 is 23.4 Å². The van der Waals surface area contributed by atoms with Crippen LogP contribution in [0.3, 0.4) is 0 Å². The van der Waals surface area contributed by atoms with Gasteiger partial charge < -0.3 is 15.0 Å². The lowest BCUT2D eigenvalue weighted by atomic mass is 10.2. The maximum absolute atomic E-state index is 12.4. The molecule has 0 heterocycles. The molecule has 0 atom stereocenters. The third-order valence-electron chi connectivity index (χ3n) is 3.83. The zero-order chi connectivity index (χ0) is 20.7. The van der Waals surface area contributed by atoms with Gasteiger partial charge >= 0.3 is 5.97 Å². The number of nitrogens with one attached hydrogen (secondary N) is 1. The minimum absolute atomic E-state index is 0.0653. The Morgan fingerprint density at radius 3 is 2.54 bits per heavy atom. The van der Waals surface area contributed by atoms with Crippen LogP contribution in [-0.2, 0) is 14.3 Å². The van der Waals surface area contributed by atoms with Gasteiger partial charge in [0.2, 0.25) is 5.91 Å². The molecule has 0 saturated heterocycles. The predicted molar refractivity (Wildman–Crippen MR) is 111 cm³/mol. The zero-order valence-corrected chi connectivity index (χ0v) is 17.4.